The first-order valence-corrected chi connectivity index (χ1v) is 10.7. The zero-order valence-electron chi connectivity index (χ0n) is 17.3. The number of amides is 1. The third-order valence-electron chi connectivity index (χ3n) is 5.52. The molecular formula is C20H26N8O3. The van der Waals surface area contributed by atoms with Crippen LogP contribution >= 0.6 is 0 Å². The number of nitro benzene ring substituents is 1. The van der Waals surface area contributed by atoms with E-state index in [9.17, 15) is 14.9 Å². The van der Waals surface area contributed by atoms with Gasteiger partial charge in [0.1, 0.15) is 0 Å². The monoisotopic (exact) mass is 426 g/mol. The zero-order chi connectivity index (χ0) is 21.6. The lowest BCUT2D eigenvalue weighted by atomic mass is 10.1. The maximum Gasteiger partial charge on any atom is 0.269 e. The minimum Gasteiger partial charge on any atom is -0.341 e. The normalized spacial score (nSPS) is 16.6. The van der Waals surface area contributed by atoms with E-state index in [1.807, 2.05) is 0 Å². The Balaban J connectivity index is 1.50. The summed E-state index contributed by atoms with van der Waals surface area (Å²) in [4.78, 5) is 40.8. The van der Waals surface area contributed by atoms with E-state index in [1.54, 1.807) is 0 Å². The first-order chi connectivity index (χ1) is 15.1. The second-order valence-corrected chi connectivity index (χ2v) is 7.74. The van der Waals surface area contributed by atoms with Crippen LogP contribution in [0.1, 0.15) is 48.9 Å². The molecule has 31 heavy (non-hydrogen) atoms. The van der Waals surface area contributed by atoms with Crippen LogP contribution in [0.4, 0.5) is 23.5 Å². The number of nitrogens with zero attached hydrogens (tertiary/aromatic N) is 6. The summed E-state index contributed by atoms with van der Waals surface area (Å²) in [5, 5.41) is 10.8. The molecule has 11 nitrogen and oxygen atoms in total. The number of nitro groups is 1. The minimum absolute atomic E-state index is 0.0701. The number of hydrogen-bond donors (Lipinski definition) is 2. The molecule has 0 atom stereocenters. The van der Waals surface area contributed by atoms with Gasteiger partial charge in [-0.1, -0.05) is 0 Å². The number of non-ortho nitro benzene ring substituents is 1. The molecule has 4 rings (SSSR count). The van der Waals surface area contributed by atoms with Gasteiger partial charge in [0.05, 0.1) is 4.92 Å². The second kappa shape index (κ2) is 9.54. The molecule has 2 saturated heterocycles. The van der Waals surface area contributed by atoms with Crippen molar-refractivity contribution in [3.05, 3.63) is 39.9 Å². The topological polar surface area (TPSA) is 129 Å². The molecule has 0 spiro atoms. The number of aromatic nitrogens is 3. The number of nitrogens with one attached hydrogen (secondary N) is 2. The smallest absolute Gasteiger partial charge is 0.269 e. The van der Waals surface area contributed by atoms with Gasteiger partial charge in [0.15, 0.2) is 0 Å². The van der Waals surface area contributed by atoms with Gasteiger partial charge in [-0.25, -0.2) is 0 Å². The molecule has 1 aromatic carbocycles. The number of rotatable bonds is 6. The number of piperidine rings is 2. The van der Waals surface area contributed by atoms with Crippen molar-refractivity contribution in [2.45, 2.75) is 38.5 Å². The number of benzene rings is 1. The zero-order valence-corrected chi connectivity index (χ0v) is 17.3. The van der Waals surface area contributed by atoms with Crippen LogP contribution in [0.5, 0.6) is 0 Å². The molecule has 1 aromatic heterocycles. The van der Waals surface area contributed by atoms with Crippen molar-refractivity contribution in [2.24, 2.45) is 0 Å². The summed E-state index contributed by atoms with van der Waals surface area (Å²) in [6, 6.07) is 5.39. The Morgan fingerprint density at radius 1 is 0.839 bits per heavy atom. The van der Waals surface area contributed by atoms with Gasteiger partial charge in [-0.3, -0.25) is 25.8 Å². The van der Waals surface area contributed by atoms with Crippen molar-refractivity contribution in [3.63, 3.8) is 0 Å². The van der Waals surface area contributed by atoms with Crippen LogP contribution in [0, 0.1) is 10.1 Å². The number of carbonyl (C=O) groups is 1. The number of carbonyl (C=O) groups excluding carboxylic acids is 1. The Kier molecular flexibility index (Phi) is 6.39. The molecule has 1 amide bonds. The van der Waals surface area contributed by atoms with E-state index in [2.05, 4.69) is 30.6 Å². The van der Waals surface area contributed by atoms with Crippen LogP contribution in [-0.2, 0) is 0 Å². The molecule has 0 radical (unpaired) electrons. The van der Waals surface area contributed by atoms with Crippen molar-refractivity contribution >= 4 is 29.4 Å². The Bertz CT molecular complexity index is 888. The van der Waals surface area contributed by atoms with E-state index in [1.165, 1.54) is 37.1 Å². The van der Waals surface area contributed by atoms with Crippen LogP contribution in [0.15, 0.2) is 24.3 Å². The highest BCUT2D eigenvalue weighted by atomic mass is 16.6. The van der Waals surface area contributed by atoms with Gasteiger partial charge in [0.2, 0.25) is 17.8 Å². The highest BCUT2D eigenvalue weighted by Gasteiger charge is 2.20. The van der Waals surface area contributed by atoms with Crippen LogP contribution in [-0.4, -0.2) is 52.0 Å². The lowest BCUT2D eigenvalue weighted by Crippen LogP contribution is -2.36. The maximum atomic E-state index is 12.4. The average molecular weight is 426 g/mol. The highest BCUT2D eigenvalue weighted by Crippen LogP contribution is 2.22. The molecule has 2 N–H and O–H groups in total. The van der Waals surface area contributed by atoms with Gasteiger partial charge in [-0.05, 0) is 50.7 Å². The van der Waals surface area contributed by atoms with Crippen molar-refractivity contribution in [1.82, 2.24) is 20.4 Å². The molecule has 2 aliphatic heterocycles. The molecule has 2 aromatic rings. The summed E-state index contributed by atoms with van der Waals surface area (Å²) in [7, 11) is 0. The Labute approximate surface area is 180 Å². The predicted molar refractivity (Wildman–Crippen MR) is 116 cm³/mol. The minimum atomic E-state index is -0.505. The lowest BCUT2D eigenvalue weighted by Gasteiger charge is -2.30. The quantitative estimate of drug-likeness (QED) is 0.528. The summed E-state index contributed by atoms with van der Waals surface area (Å²) in [6.07, 6.45) is 6.82. The van der Waals surface area contributed by atoms with Gasteiger partial charge >= 0.3 is 0 Å². The number of hydrazine groups is 1. The van der Waals surface area contributed by atoms with Crippen LogP contribution in [0.25, 0.3) is 0 Å². The molecule has 0 unspecified atom stereocenters. The van der Waals surface area contributed by atoms with Crippen molar-refractivity contribution in [1.29, 1.82) is 0 Å². The molecule has 0 aliphatic carbocycles. The molecule has 2 aliphatic rings. The van der Waals surface area contributed by atoms with Gasteiger partial charge in [-0.15, -0.1) is 0 Å². The third-order valence-corrected chi connectivity index (χ3v) is 5.52. The fourth-order valence-electron chi connectivity index (χ4n) is 3.80. The Morgan fingerprint density at radius 2 is 1.35 bits per heavy atom. The molecule has 2 fully saturated rings. The Morgan fingerprint density at radius 3 is 1.84 bits per heavy atom. The first-order valence-electron chi connectivity index (χ1n) is 10.7. The number of hydrogen-bond acceptors (Lipinski definition) is 9. The Hall–Kier alpha value is -3.50. The van der Waals surface area contributed by atoms with Gasteiger partial charge in [0.25, 0.3) is 11.6 Å². The molecule has 0 bridgehead atoms. The predicted octanol–water partition coefficient (Wildman–Crippen LogP) is 2.52. The summed E-state index contributed by atoms with van der Waals surface area (Å²) < 4.78 is 0. The van der Waals surface area contributed by atoms with Gasteiger partial charge < -0.3 is 9.80 Å². The maximum absolute atomic E-state index is 12.4. The molecule has 3 heterocycles. The van der Waals surface area contributed by atoms with E-state index in [4.69, 9.17) is 4.98 Å². The molecular weight excluding hydrogens is 400 g/mol. The van der Waals surface area contributed by atoms with Crippen LogP contribution < -0.4 is 20.7 Å². The average Bonchev–Trinajstić information content (AvgIpc) is 2.83. The van der Waals surface area contributed by atoms with Gasteiger partial charge in [-0.2, -0.15) is 15.0 Å². The van der Waals surface area contributed by atoms with Crippen molar-refractivity contribution < 1.29 is 9.72 Å². The summed E-state index contributed by atoms with van der Waals surface area (Å²) in [6.45, 7) is 3.60. The highest BCUT2D eigenvalue weighted by molar-refractivity contribution is 5.94. The fraction of sp³-hybridized carbons (Fsp3) is 0.500. The second-order valence-electron chi connectivity index (χ2n) is 7.74. The lowest BCUT2D eigenvalue weighted by molar-refractivity contribution is -0.384. The summed E-state index contributed by atoms with van der Waals surface area (Å²) in [5.74, 6) is 1.06. The SMILES string of the molecule is O=C(NNc1nc(N2CCCCC2)nc(N2CCCCC2)n1)c1ccc([N+](=O)[O-])cc1. The van der Waals surface area contributed by atoms with E-state index >= 15 is 0 Å². The van der Waals surface area contributed by atoms with Crippen LogP contribution in [0.2, 0.25) is 0 Å². The molecule has 0 saturated carbocycles. The van der Waals surface area contributed by atoms with E-state index in [0.717, 1.165) is 51.9 Å². The summed E-state index contributed by atoms with van der Waals surface area (Å²) >= 11 is 0. The van der Waals surface area contributed by atoms with E-state index < -0.39 is 10.8 Å². The molecule has 164 valence electrons. The van der Waals surface area contributed by atoms with Crippen molar-refractivity contribution in [3.8, 4) is 0 Å². The van der Waals surface area contributed by atoms with Crippen molar-refractivity contribution in [2.75, 3.05) is 41.4 Å². The van der Waals surface area contributed by atoms with Gasteiger partial charge in [0, 0.05) is 43.9 Å². The largest absolute Gasteiger partial charge is 0.341 e. The standard InChI is InChI=1S/C20H26N8O3/c29-17(15-7-9-16(10-8-15)28(30)31)24-25-18-21-19(26-11-3-1-4-12-26)23-20(22-18)27-13-5-2-6-14-27/h7-10H,1-6,11-14H2,(H,24,29)(H,21,22,23,25). The fourth-order valence-corrected chi connectivity index (χ4v) is 3.80. The van der Waals surface area contributed by atoms with E-state index in [0.29, 0.717) is 17.5 Å². The molecule has 11 heteroatoms. The first kappa shape index (κ1) is 20.8. The van der Waals surface area contributed by atoms with E-state index in [-0.39, 0.29) is 11.6 Å². The summed E-state index contributed by atoms with van der Waals surface area (Å²) in [5.41, 5.74) is 5.59. The number of anilines is 3. The van der Waals surface area contributed by atoms with Crippen LogP contribution in [0.3, 0.4) is 0 Å². The third kappa shape index (κ3) is 5.16.